The zero-order valence-electron chi connectivity index (χ0n) is 6.21. The van der Waals surface area contributed by atoms with Crippen molar-refractivity contribution in [2.24, 2.45) is 17.8 Å². The number of ketones is 1. The summed E-state index contributed by atoms with van der Waals surface area (Å²) in [6.07, 6.45) is 6.85. The average Bonchev–Trinajstić information content (AvgIpc) is 2.44. The van der Waals surface area contributed by atoms with Gasteiger partial charge in [0.15, 0.2) is 0 Å². The van der Waals surface area contributed by atoms with E-state index in [1.165, 1.54) is 6.42 Å². The molecule has 1 unspecified atom stereocenters. The van der Waals surface area contributed by atoms with Crippen molar-refractivity contribution < 1.29 is 4.79 Å². The summed E-state index contributed by atoms with van der Waals surface area (Å²) in [4.78, 5) is 11.0. The van der Waals surface area contributed by atoms with Crippen LogP contribution in [0.1, 0.15) is 19.8 Å². The third-order valence-electron chi connectivity index (χ3n) is 2.80. The van der Waals surface area contributed by atoms with Crippen LogP contribution >= 0.6 is 0 Å². The monoisotopic (exact) mass is 136 g/mol. The summed E-state index contributed by atoms with van der Waals surface area (Å²) in [6, 6.07) is 0. The molecule has 1 nitrogen and oxygen atoms in total. The van der Waals surface area contributed by atoms with E-state index in [2.05, 4.69) is 12.2 Å². The lowest BCUT2D eigenvalue weighted by molar-refractivity contribution is -0.121. The van der Waals surface area contributed by atoms with Crippen LogP contribution < -0.4 is 0 Å². The molecule has 1 saturated carbocycles. The molecule has 0 aromatic heterocycles. The highest BCUT2D eigenvalue weighted by atomic mass is 16.1. The maximum Gasteiger partial charge on any atom is 0.133 e. The van der Waals surface area contributed by atoms with Crippen LogP contribution in [0.15, 0.2) is 12.2 Å². The molecule has 0 heterocycles. The lowest BCUT2D eigenvalue weighted by Gasteiger charge is -2.13. The Hall–Kier alpha value is -0.590. The first-order valence-electron chi connectivity index (χ1n) is 3.96. The SMILES string of the molecule is CC(=O)C1C[C@@H]2C=C[C@H]1C2. The fourth-order valence-electron chi connectivity index (χ4n) is 2.25. The molecule has 1 fully saturated rings. The number of carbonyl (C=O) groups excluding carboxylic acids is 1. The summed E-state index contributed by atoms with van der Waals surface area (Å²) in [5.74, 6) is 2.09. The number of carbonyl (C=O) groups is 1. The second kappa shape index (κ2) is 1.94. The quantitative estimate of drug-likeness (QED) is 0.502. The lowest BCUT2D eigenvalue weighted by Crippen LogP contribution is -2.15. The molecule has 3 atom stereocenters. The van der Waals surface area contributed by atoms with E-state index in [1.807, 2.05) is 0 Å². The first-order chi connectivity index (χ1) is 4.77. The summed E-state index contributed by atoms with van der Waals surface area (Å²) < 4.78 is 0. The molecule has 1 heteroatoms. The van der Waals surface area contributed by atoms with E-state index in [0.29, 0.717) is 17.6 Å². The molecule has 0 radical (unpaired) electrons. The third-order valence-corrected chi connectivity index (χ3v) is 2.80. The molecule has 2 bridgehead atoms. The number of rotatable bonds is 1. The van der Waals surface area contributed by atoms with Crippen LogP contribution in [0.5, 0.6) is 0 Å². The maximum absolute atomic E-state index is 11.0. The molecule has 0 aromatic rings. The summed E-state index contributed by atoms with van der Waals surface area (Å²) in [5, 5.41) is 0. The van der Waals surface area contributed by atoms with Crippen LogP contribution in [-0.4, -0.2) is 5.78 Å². The Kier molecular flexibility index (Phi) is 1.19. The second-order valence-electron chi connectivity index (χ2n) is 3.50. The standard InChI is InChI=1S/C9H12O/c1-6(10)9-5-7-2-3-8(9)4-7/h2-3,7-9H,4-5H2,1H3/t7-,8+,9?/m1/s1. The third kappa shape index (κ3) is 0.731. The van der Waals surface area contributed by atoms with E-state index in [0.717, 1.165) is 12.3 Å². The predicted molar refractivity (Wildman–Crippen MR) is 39.5 cm³/mol. The van der Waals surface area contributed by atoms with Crippen molar-refractivity contribution in [3.8, 4) is 0 Å². The van der Waals surface area contributed by atoms with Crippen molar-refractivity contribution in [1.82, 2.24) is 0 Å². The van der Waals surface area contributed by atoms with Crippen molar-refractivity contribution >= 4 is 5.78 Å². The van der Waals surface area contributed by atoms with Gasteiger partial charge < -0.3 is 0 Å². The summed E-state index contributed by atoms with van der Waals surface area (Å²) in [6.45, 7) is 1.72. The molecule has 2 aliphatic carbocycles. The highest BCUT2D eigenvalue weighted by Crippen LogP contribution is 2.43. The van der Waals surface area contributed by atoms with E-state index >= 15 is 0 Å². The van der Waals surface area contributed by atoms with Gasteiger partial charge in [-0.15, -0.1) is 0 Å². The van der Waals surface area contributed by atoms with Gasteiger partial charge in [-0.05, 0) is 31.6 Å². The molecule has 0 N–H and O–H groups in total. The smallest absolute Gasteiger partial charge is 0.133 e. The van der Waals surface area contributed by atoms with Crippen molar-refractivity contribution in [3.63, 3.8) is 0 Å². The highest BCUT2D eigenvalue weighted by Gasteiger charge is 2.37. The Bertz CT molecular complexity index is 193. The molecular weight excluding hydrogens is 124 g/mol. The van der Waals surface area contributed by atoms with E-state index in [9.17, 15) is 4.79 Å². The van der Waals surface area contributed by atoms with Gasteiger partial charge in [-0.2, -0.15) is 0 Å². The summed E-state index contributed by atoms with van der Waals surface area (Å²) in [5.41, 5.74) is 0. The van der Waals surface area contributed by atoms with Crippen molar-refractivity contribution in [1.29, 1.82) is 0 Å². The van der Waals surface area contributed by atoms with Crippen LogP contribution in [-0.2, 0) is 4.79 Å². The summed E-state index contributed by atoms with van der Waals surface area (Å²) >= 11 is 0. The van der Waals surface area contributed by atoms with Crippen LogP contribution in [0.2, 0.25) is 0 Å². The number of fused-ring (bicyclic) bond motifs is 2. The predicted octanol–water partition coefficient (Wildman–Crippen LogP) is 1.79. The Morgan fingerprint density at radius 2 is 2.20 bits per heavy atom. The van der Waals surface area contributed by atoms with E-state index in [4.69, 9.17) is 0 Å². The van der Waals surface area contributed by atoms with Gasteiger partial charge in [0.05, 0.1) is 0 Å². The number of Topliss-reactive ketones (excluding diaryl/α,β-unsaturated/α-hetero) is 1. The van der Waals surface area contributed by atoms with Gasteiger partial charge in [0.25, 0.3) is 0 Å². The minimum atomic E-state index is 0.370. The van der Waals surface area contributed by atoms with Gasteiger partial charge in [-0.25, -0.2) is 0 Å². The Morgan fingerprint density at radius 3 is 2.50 bits per heavy atom. The van der Waals surface area contributed by atoms with Crippen molar-refractivity contribution in [2.75, 3.05) is 0 Å². The largest absolute Gasteiger partial charge is 0.300 e. The molecule has 2 aliphatic rings. The Balaban J connectivity index is 2.16. The molecule has 0 saturated heterocycles. The second-order valence-corrected chi connectivity index (χ2v) is 3.50. The maximum atomic E-state index is 11.0. The summed E-state index contributed by atoms with van der Waals surface area (Å²) in [7, 11) is 0. The lowest BCUT2D eigenvalue weighted by atomic mass is 9.90. The van der Waals surface area contributed by atoms with Crippen LogP contribution in [0.25, 0.3) is 0 Å². The van der Waals surface area contributed by atoms with Gasteiger partial charge in [-0.3, -0.25) is 4.79 Å². The normalized spacial score (nSPS) is 42.7. The van der Waals surface area contributed by atoms with Crippen LogP contribution in [0, 0.1) is 17.8 Å². The van der Waals surface area contributed by atoms with Gasteiger partial charge in [0.2, 0.25) is 0 Å². The van der Waals surface area contributed by atoms with Gasteiger partial charge in [0.1, 0.15) is 5.78 Å². The fourth-order valence-corrected chi connectivity index (χ4v) is 2.25. The molecule has 0 aromatic carbocycles. The molecule has 54 valence electrons. The molecular formula is C9H12O. The highest BCUT2D eigenvalue weighted by molar-refractivity contribution is 5.79. The van der Waals surface area contributed by atoms with E-state index < -0.39 is 0 Å². The number of allylic oxidation sites excluding steroid dienone is 2. The van der Waals surface area contributed by atoms with E-state index in [1.54, 1.807) is 6.92 Å². The van der Waals surface area contributed by atoms with Crippen LogP contribution in [0.4, 0.5) is 0 Å². The molecule has 0 spiro atoms. The Labute approximate surface area is 61.1 Å². The Morgan fingerprint density at radius 1 is 1.40 bits per heavy atom. The number of hydrogen-bond donors (Lipinski definition) is 0. The van der Waals surface area contributed by atoms with Crippen molar-refractivity contribution in [2.45, 2.75) is 19.8 Å². The first kappa shape index (κ1) is 6.14. The van der Waals surface area contributed by atoms with Gasteiger partial charge in [-0.1, -0.05) is 12.2 Å². The van der Waals surface area contributed by atoms with Gasteiger partial charge in [0, 0.05) is 5.92 Å². The first-order valence-corrected chi connectivity index (χ1v) is 3.96. The molecule has 0 aliphatic heterocycles. The zero-order valence-corrected chi connectivity index (χ0v) is 6.21. The van der Waals surface area contributed by atoms with E-state index in [-0.39, 0.29) is 0 Å². The zero-order chi connectivity index (χ0) is 7.14. The van der Waals surface area contributed by atoms with Gasteiger partial charge >= 0.3 is 0 Å². The molecule has 2 rings (SSSR count). The molecule has 10 heavy (non-hydrogen) atoms. The fraction of sp³-hybridized carbons (Fsp3) is 0.667. The minimum Gasteiger partial charge on any atom is -0.300 e. The molecule has 0 amide bonds. The average molecular weight is 136 g/mol. The van der Waals surface area contributed by atoms with Crippen molar-refractivity contribution in [3.05, 3.63) is 12.2 Å². The topological polar surface area (TPSA) is 17.1 Å². The number of hydrogen-bond acceptors (Lipinski definition) is 1. The minimum absolute atomic E-state index is 0.370. The van der Waals surface area contributed by atoms with Crippen LogP contribution in [0.3, 0.4) is 0 Å².